The molecule has 2 bridgehead atoms. The molecule has 0 amide bonds. The maximum atomic E-state index is 12.2. The molecule has 39 heavy (non-hydrogen) atoms. The highest BCUT2D eigenvalue weighted by Gasteiger charge is 2.54. The summed E-state index contributed by atoms with van der Waals surface area (Å²) in [6.45, 7) is 7.21. The molecule has 4 aromatic carbocycles. The van der Waals surface area contributed by atoms with Gasteiger partial charge < -0.3 is 14.3 Å². The van der Waals surface area contributed by atoms with Gasteiger partial charge in [-0.05, 0) is 63.4 Å². The van der Waals surface area contributed by atoms with E-state index in [1.165, 1.54) is 33.5 Å². The molecule has 1 aromatic heterocycles. The molecule has 5 aromatic rings. The molecule has 2 unspecified atom stereocenters. The Hall–Kier alpha value is -3.73. The van der Waals surface area contributed by atoms with Crippen molar-refractivity contribution in [3.63, 3.8) is 0 Å². The summed E-state index contributed by atoms with van der Waals surface area (Å²) in [6, 6.07) is 27.9. The van der Waals surface area contributed by atoms with Gasteiger partial charge >= 0.3 is 0 Å². The van der Waals surface area contributed by atoms with Crippen LogP contribution in [0.4, 0.5) is 0 Å². The number of methoxy groups -OCH3 is 1. The number of benzene rings is 4. The van der Waals surface area contributed by atoms with Gasteiger partial charge in [0.05, 0.1) is 25.7 Å². The molecule has 4 heteroatoms. The monoisotopic (exact) mass is 515 g/mol. The number of piperidine rings is 3. The topological polar surface area (TPSA) is 42.4 Å². The zero-order valence-corrected chi connectivity index (χ0v) is 22.5. The van der Waals surface area contributed by atoms with Gasteiger partial charge in [0.15, 0.2) is 0 Å². The van der Waals surface area contributed by atoms with Crippen LogP contribution in [0, 0.1) is 11.8 Å². The van der Waals surface area contributed by atoms with Crippen LogP contribution in [0.1, 0.15) is 30.1 Å². The van der Waals surface area contributed by atoms with Crippen LogP contribution in [-0.4, -0.2) is 40.8 Å². The van der Waals surface area contributed by atoms with Crippen LogP contribution in [0.3, 0.4) is 0 Å². The average molecular weight is 516 g/mol. The van der Waals surface area contributed by atoms with Crippen LogP contribution in [0.5, 0.6) is 5.75 Å². The van der Waals surface area contributed by atoms with Gasteiger partial charge in [-0.2, -0.15) is 0 Å². The van der Waals surface area contributed by atoms with E-state index in [-0.39, 0.29) is 6.04 Å². The van der Waals surface area contributed by atoms with Crippen LogP contribution >= 0.6 is 0 Å². The minimum Gasteiger partial charge on any atom is -0.497 e. The lowest BCUT2D eigenvalue weighted by Crippen LogP contribution is -2.67. The zero-order chi connectivity index (χ0) is 26.6. The minimum atomic E-state index is -0.600. The Balaban J connectivity index is 1.39. The molecule has 196 valence electrons. The molecular formula is C35H35N2O2+. The second-order valence-electron chi connectivity index (χ2n) is 11.6. The van der Waals surface area contributed by atoms with Crippen LogP contribution < -0.4 is 4.74 Å². The minimum absolute atomic E-state index is 0.0921. The number of aliphatic hydroxyl groups is 1. The number of hydrogen-bond donors (Lipinski definition) is 1. The number of rotatable bonds is 6. The third-order valence-corrected chi connectivity index (χ3v) is 9.70. The first kappa shape index (κ1) is 24.3. The fraction of sp³-hybridized carbons (Fsp3) is 0.286. The van der Waals surface area contributed by atoms with E-state index in [4.69, 9.17) is 4.74 Å². The Morgan fingerprint density at radius 2 is 1.74 bits per heavy atom. The second-order valence-corrected chi connectivity index (χ2v) is 11.6. The van der Waals surface area contributed by atoms with E-state index in [9.17, 15) is 5.11 Å². The predicted molar refractivity (Wildman–Crippen MR) is 159 cm³/mol. The number of pyridine rings is 1. The highest BCUT2D eigenvalue weighted by atomic mass is 16.5. The van der Waals surface area contributed by atoms with Gasteiger partial charge in [-0.15, -0.1) is 6.58 Å². The largest absolute Gasteiger partial charge is 0.497 e. The fourth-order valence-corrected chi connectivity index (χ4v) is 7.71. The van der Waals surface area contributed by atoms with Gasteiger partial charge in [-0.25, -0.2) is 0 Å². The standard InChI is InChI=1S/C35H35N2O2/c1-3-23-21-37(22-32-28-10-6-4-8-25(28)18-26-9-5-7-11-29(26)32)17-15-24(23)19-34(37)35(38)30-14-16-36-33-13-12-27(39-2)20-31(30)33/h3-14,16,18,20,23-24,34-35,38H,1,15,17,19,21-22H2,2H3/q+1/t23-,24-,34?,35?,37-/m0/s1. The number of nitrogens with zero attached hydrogens (tertiary/aromatic N) is 2. The fourth-order valence-electron chi connectivity index (χ4n) is 7.71. The van der Waals surface area contributed by atoms with E-state index < -0.39 is 6.10 Å². The van der Waals surface area contributed by atoms with Crippen molar-refractivity contribution in [1.29, 1.82) is 0 Å². The Labute approximate surface area is 229 Å². The number of ether oxygens (including phenoxy) is 1. The molecule has 4 nitrogen and oxygen atoms in total. The molecule has 0 spiro atoms. The van der Waals surface area contributed by atoms with Gasteiger partial charge in [-0.1, -0.05) is 54.6 Å². The van der Waals surface area contributed by atoms with Crippen molar-refractivity contribution >= 4 is 32.4 Å². The van der Waals surface area contributed by atoms with Crippen molar-refractivity contribution in [2.45, 2.75) is 31.5 Å². The summed E-state index contributed by atoms with van der Waals surface area (Å²) in [6.07, 6.45) is 5.58. The quantitative estimate of drug-likeness (QED) is 0.148. The molecule has 4 heterocycles. The van der Waals surface area contributed by atoms with Crippen molar-refractivity contribution in [2.75, 3.05) is 20.2 Å². The summed E-state index contributed by atoms with van der Waals surface area (Å²) < 4.78 is 6.41. The Kier molecular flexibility index (Phi) is 5.91. The lowest BCUT2D eigenvalue weighted by molar-refractivity contribution is -0.984. The molecule has 3 aliphatic rings. The third kappa shape index (κ3) is 3.93. The zero-order valence-electron chi connectivity index (χ0n) is 22.5. The SMILES string of the molecule is C=C[C@H]1C[N@+]2(Cc3c4ccccc4cc4ccccc34)CC[C@H]1CC2C(O)c1ccnc2ccc(OC)cc12. The summed E-state index contributed by atoms with van der Waals surface area (Å²) in [4.78, 5) is 4.59. The van der Waals surface area contributed by atoms with Crippen molar-refractivity contribution in [3.05, 3.63) is 109 Å². The van der Waals surface area contributed by atoms with Crippen LogP contribution in [0.15, 0.2) is 97.7 Å². The van der Waals surface area contributed by atoms with Gasteiger partial charge in [-0.3, -0.25) is 4.98 Å². The molecular weight excluding hydrogens is 480 g/mol. The smallest absolute Gasteiger partial charge is 0.131 e. The summed E-state index contributed by atoms with van der Waals surface area (Å²) in [5.41, 5.74) is 3.23. The van der Waals surface area contributed by atoms with E-state index in [1.807, 2.05) is 30.5 Å². The normalized spacial score (nSPS) is 25.2. The van der Waals surface area contributed by atoms with E-state index in [0.717, 1.165) is 52.8 Å². The molecule has 8 rings (SSSR count). The maximum Gasteiger partial charge on any atom is 0.131 e. The lowest BCUT2D eigenvalue weighted by atomic mass is 9.71. The molecule has 0 aliphatic carbocycles. The van der Waals surface area contributed by atoms with E-state index >= 15 is 0 Å². The number of hydrogen-bond acceptors (Lipinski definition) is 3. The number of aromatic nitrogens is 1. The van der Waals surface area contributed by atoms with Crippen LogP contribution in [0.2, 0.25) is 0 Å². The highest BCUT2D eigenvalue weighted by molar-refractivity contribution is 6.02. The summed E-state index contributed by atoms with van der Waals surface area (Å²) in [5, 5.41) is 18.4. The number of fused-ring (bicyclic) bond motifs is 6. The summed E-state index contributed by atoms with van der Waals surface area (Å²) in [5.74, 6) is 1.82. The van der Waals surface area contributed by atoms with Crippen molar-refractivity contribution < 1.29 is 14.3 Å². The molecule has 0 radical (unpaired) electrons. The predicted octanol–water partition coefficient (Wildman–Crippen LogP) is 7.19. The molecule has 1 N–H and O–H groups in total. The van der Waals surface area contributed by atoms with E-state index in [2.05, 4.69) is 72.2 Å². The van der Waals surface area contributed by atoms with Crippen molar-refractivity contribution in [2.24, 2.45) is 11.8 Å². The molecule has 0 saturated carbocycles. The van der Waals surface area contributed by atoms with E-state index in [1.54, 1.807) is 7.11 Å². The number of aliphatic hydroxyl groups excluding tert-OH is 1. The van der Waals surface area contributed by atoms with Crippen molar-refractivity contribution in [3.8, 4) is 5.75 Å². The first-order valence-electron chi connectivity index (χ1n) is 14.1. The molecule has 5 atom stereocenters. The van der Waals surface area contributed by atoms with Crippen LogP contribution in [0.25, 0.3) is 32.4 Å². The highest BCUT2D eigenvalue weighted by Crippen LogP contribution is 2.49. The number of quaternary nitrogens is 1. The summed E-state index contributed by atoms with van der Waals surface area (Å²) in [7, 11) is 1.68. The summed E-state index contributed by atoms with van der Waals surface area (Å²) >= 11 is 0. The van der Waals surface area contributed by atoms with Gasteiger partial charge in [0.2, 0.25) is 0 Å². The van der Waals surface area contributed by atoms with E-state index in [0.29, 0.717) is 11.8 Å². The van der Waals surface area contributed by atoms with Crippen LogP contribution in [-0.2, 0) is 6.54 Å². The van der Waals surface area contributed by atoms with Gasteiger partial charge in [0.25, 0.3) is 0 Å². The first-order valence-corrected chi connectivity index (χ1v) is 14.1. The third-order valence-electron chi connectivity index (χ3n) is 9.70. The molecule has 3 fully saturated rings. The van der Waals surface area contributed by atoms with Gasteiger partial charge in [0, 0.05) is 35.9 Å². The maximum absolute atomic E-state index is 12.2. The Bertz CT molecular complexity index is 1660. The average Bonchev–Trinajstić information content (AvgIpc) is 3.00. The first-order chi connectivity index (χ1) is 19.1. The Morgan fingerprint density at radius 1 is 1.00 bits per heavy atom. The Morgan fingerprint density at radius 3 is 2.46 bits per heavy atom. The molecule has 3 saturated heterocycles. The second kappa shape index (κ2) is 9.48. The lowest BCUT2D eigenvalue weighted by Gasteiger charge is -2.58. The van der Waals surface area contributed by atoms with Crippen molar-refractivity contribution in [1.82, 2.24) is 4.98 Å². The molecule has 3 aliphatic heterocycles. The van der Waals surface area contributed by atoms with Gasteiger partial charge in [0.1, 0.15) is 24.4 Å².